The first-order valence-electron chi connectivity index (χ1n) is 3.56. The van der Waals surface area contributed by atoms with Gasteiger partial charge in [0.2, 0.25) is 0 Å². The fourth-order valence-electron chi connectivity index (χ4n) is 0.863. The number of aromatic carboxylic acids is 1. The molecule has 0 aliphatic rings. The quantitative estimate of drug-likeness (QED) is 0.636. The molecule has 0 aliphatic carbocycles. The molecule has 0 amide bonds. The van der Waals surface area contributed by atoms with Gasteiger partial charge in [-0.2, -0.15) is 0 Å². The van der Waals surface area contributed by atoms with Crippen LogP contribution in [0, 0.1) is 0 Å². The van der Waals surface area contributed by atoms with Gasteiger partial charge in [0.05, 0.1) is 10.6 Å². The van der Waals surface area contributed by atoms with Crippen LogP contribution in [-0.4, -0.2) is 28.4 Å². The molecule has 74 valence electrons. The van der Waals surface area contributed by atoms with Crippen molar-refractivity contribution < 1.29 is 24.6 Å². The summed E-state index contributed by atoms with van der Waals surface area (Å²) in [5, 5.41) is 25.6. The highest BCUT2D eigenvalue weighted by Crippen LogP contribution is 2.22. The van der Waals surface area contributed by atoms with Crippen molar-refractivity contribution in [2.24, 2.45) is 0 Å². The van der Waals surface area contributed by atoms with E-state index in [0.717, 1.165) is 6.07 Å². The molecule has 1 rings (SSSR count). The number of hydrogen-bond acceptors (Lipinski definition) is 4. The molecule has 0 aliphatic heterocycles. The van der Waals surface area contributed by atoms with Gasteiger partial charge in [0, 0.05) is 0 Å². The Labute approximate surface area is 84.7 Å². The fourth-order valence-corrected chi connectivity index (χ4v) is 1.06. The first kappa shape index (κ1) is 10.8. The maximum absolute atomic E-state index is 10.6. The minimum absolute atomic E-state index is 0.0156. The molecule has 1 aromatic carbocycles. The zero-order valence-electron chi connectivity index (χ0n) is 6.85. The van der Waals surface area contributed by atoms with Crippen molar-refractivity contribution in [2.75, 3.05) is 0 Å². The predicted octanol–water partition coefficient (Wildman–Crippen LogP) is 0.386. The number of hydrogen-bond donors (Lipinski definition) is 3. The van der Waals surface area contributed by atoms with E-state index < -0.39 is 13.3 Å². The van der Waals surface area contributed by atoms with Crippen LogP contribution in [-0.2, 0) is 0 Å². The number of halogens is 1. The van der Waals surface area contributed by atoms with Gasteiger partial charge in [-0.25, -0.2) is 4.79 Å². The lowest BCUT2D eigenvalue weighted by Gasteiger charge is -2.05. The molecule has 0 bridgehead atoms. The summed E-state index contributed by atoms with van der Waals surface area (Å²) in [7, 11) is -1.99. The lowest BCUT2D eigenvalue weighted by Crippen LogP contribution is -2.20. The predicted molar refractivity (Wildman–Crippen MR) is 49.2 cm³/mol. The van der Waals surface area contributed by atoms with Crippen LogP contribution < -0.4 is 4.65 Å². The maximum atomic E-state index is 10.6. The third-order valence-electron chi connectivity index (χ3n) is 1.41. The van der Waals surface area contributed by atoms with Gasteiger partial charge in [0.25, 0.3) is 0 Å². The van der Waals surface area contributed by atoms with E-state index in [4.69, 9.17) is 26.8 Å². The van der Waals surface area contributed by atoms with Crippen molar-refractivity contribution in [1.82, 2.24) is 0 Å². The Morgan fingerprint density at radius 3 is 2.57 bits per heavy atom. The highest BCUT2D eigenvalue weighted by molar-refractivity contribution is 6.34. The van der Waals surface area contributed by atoms with E-state index in [1.165, 1.54) is 12.1 Å². The van der Waals surface area contributed by atoms with Gasteiger partial charge < -0.3 is 19.8 Å². The van der Waals surface area contributed by atoms with Gasteiger partial charge in [0.15, 0.2) is 0 Å². The summed E-state index contributed by atoms with van der Waals surface area (Å²) < 4.78 is 4.45. The summed E-state index contributed by atoms with van der Waals surface area (Å²) in [5.74, 6) is -1.20. The molecule has 0 radical (unpaired) electrons. The van der Waals surface area contributed by atoms with E-state index in [-0.39, 0.29) is 16.3 Å². The summed E-state index contributed by atoms with van der Waals surface area (Å²) >= 11 is 5.57. The van der Waals surface area contributed by atoms with E-state index in [0.29, 0.717) is 0 Å². The molecule has 0 unspecified atom stereocenters. The number of carbonyl (C=O) groups is 1. The van der Waals surface area contributed by atoms with Crippen LogP contribution in [0.5, 0.6) is 5.75 Å². The Bertz CT molecular complexity index is 354. The van der Waals surface area contributed by atoms with Crippen molar-refractivity contribution >= 4 is 24.9 Å². The summed E-state index contributed by atoms with van der Waals surface area (Å²) in [6.07, 6.45) is 0. The number of rotatable bonds is 3. The maximum Gasteiger partial charge on any atom is 0.707 e. The average Bonchev–Trinajstić information content (AvgIpc) is 2.07. The lowest BCUT2D eigenvalue weighted by molar-refractivity contribution is 0.0696. The third kappa shape index (κ3) is 2.63. The minimum atomic E-state index is -1.99. The van der Waals surface area contributed by atoms with Crippen molar-refractivity contribution in [2.45, 2.75) is 0 Å². The van der Waals surface area contributed by atoms with Crippen molar-refractivity contribution in [3.8, 4) is 5.75 Å². The molecular weight excluding hydrogens is 210 g/mol. The molecule has 7 heteroatoms. The van der Waals surface area contributed by atoms with Crippen molar-refractivity contribution in [3.05, 3.63) is 28.8 Å². The van der Waals surface area contributed by atoms with Crippen molar-refractivity contribution in [3.63, 3.8) is 0 Å². The first-order chi connectivity index (χ1) is 6.50. The summed E-state index contributed by atoms with van der Waals surface area (Å²) in [6, 6.07) is 3.72. The molecule has 3 N–H and O–H groups in total. The summed E-state index contributed by atoms with van der Waals surface area (Å²) in [4.78, 5) is 10.6. The van der Waals surface area contributed by atoms with E-state index in [1.807, 2.05) is 0 Å². The third-order valence-corrected chi connectivity index (χ3v) is 1.74. The van der Waals surface area contributed by atoms with Crippen LogP contribution in [0.2, 0.25) is 5.02 Å². The number of carboxylic acid groups (broad SMARTS) is 1. The zero-order chi connectivity index (χ0) is 10.7. The van der Waals surface area contributed by atoms with Crippen LogP contribution in [0.1, 0.15) is 10.4 Å². The minimum Gasteiger partial charge on any atom is -0.512 e. The Hall–Kier alpha value is -1.24. The van der Waals surface area contributed by atoms with E-state index in [2.05, 4.69) is 4.65 Å². The van der Waals surface area contributed by atoms with E-state index in [1.54, 1.807) is 0 Å². The lowest BCUT2D eigenvalue weighted by atomic mass is 10.2. The van der Waals surface area contributed by atoms with Crippen LogP contribution in [0.3, 0.4) is 0 Å². The topological polar surface area (TPSA) is 87.0 Å². The molecule has 0 saturated carbocycles. The molecule has 0 atom stereocenters. The molecule has 0 fully saturated rings. The molecule has 0 aromatic heterocycles. The average molecular weight is 216 g/mol. The highest BCUT2D eigenvalue weighted by atomic mass is 35.5. The Balaban J connectivity index is 3.00. The van der Waals surface area contributed by atoms with E-state index in [9.17, 15) is 4.79 Å². The standard InChI is InChI=1S/C7H6BClO5/c9-6-2-1-4(14-8(12)13)3-5(6)7(10)11/h1-3,12-13H,(H,10,11). The second-order valence-corrected chi connectivity index (χ2v) is 2.80. The van der Waals surface area contributed by atoms with Crippen LogP contribution >= 0.6 is 11.6 Å². The van der Waals surface area contributed by atoms with Crippen LogP contribution in [0.4, 0.5) is 0 Å². The molecular formula is C7H6BClO5. The molecule has 14 heavy (non-hydrogen) atoms. The SMILES string of the molecule is O=C(O)c1cc(OB(O)O)ccc1Cl. The fraction of sp³-hybridized carbons (Fsp3) is 0. The second-order valence-electron chi connectivity index (χ2n) is 2.39. The van der Waals surface area contributed by atoms with Crippen LogP contribution in [0.15, 0.2) is 18.2 Å². The van der Waals surface area contributed by atoms with Gasteiger partial charge in [-0.1, -0.05) is 11.6 Å². The van der Waals surface area contributed by atoms with Gasteiger partial charge >= 0.3 is 13.3 Å². The van der Waals surface area contributed by atoms with Crippen molar-refractivity contribution in [1.29, 1.82) is 0 Å². The normalized spacial score (nSPS) is 9.64. The molecule has 0 saturated heterocycles. The number of carboxylic acids is 1. The number of benzene rings is 1. The Kier molecular flexibility index (Phi) is 3.35. The van der Waals surface area contributed by atoms with Gasteiger partial charge in [0.1, 0.15) is 5.75 Å². The Morgan fingerprint density at radius 1 is 1.43 bits per heavy atom. The second kappa shape index (κ2) is 4.32. The summed E-state index contributed by atoms with van der Waals surface area (Å²) in [5.41, 5.74) is -0.162. The highest BCUT2D eigenvalue weighted by Gasteiger charge is 2.14. The summed E-state index contributed by atoms with van der Waals surface area (Å²) in [6.45, 7) is 0. The molecule has 0 heterocycles. The largest absolute Gasteiger partial charge is 0.707 e. The van der Waals surface area contributed by atoms with Gasteiger partial charge in [-0.15, -0.1) is 0 Å². The van der Waals surface area contributed by atoms with Gasteiger partial charge in [-0.05, 0) is 18.2 Å². The van der Waals surface area contributed by atoms with Crippen LogP contribution in [0.25, 0.3) is 0 Å². The molecule has 5 nitrogen and oxygen atoms in total. The molecule has 0 spiro atoms. The Morgan fingerprint density at radius 2 is 2.07 bits per heavy atom. The van der Waals surface area contributed by atoms with E-state index >= 15 is 0 Å². The zero-order valence-corrected chi connectivity index (χ0v) is 7.60. The first-order valence-corrected chi connectivity index (χ1v) is 3.94. The van der Waals surface area contributed by atoms with Gasteiger partial charge in [-0.3, -0.25) is 0 Å². The monoisotopic (exact) mass is 216 g/mol. The molecule has 1 aromatic rings. The smallest absolute Gasteiger partial charge is 0.512 e.